The topological polar surface area (TPSA) is 178 Å². The Morgan fingerprint density at radius 1 is 1.32 bits per heavy atom. The summed E-state index contributed by atoms with van der Waals surface area (Å²) in [4.78, 5) is 13.5. The van der Waals surface area contributed by atoms with Crippen molar-refractivity contribution in [3.8, 4) is 5.75 Å². The van der Waals surface area contributed by atoms with Gasteiger partial charge in [0.1, 0.15) is 18.2 Å². The van der Waals surface area contributed by atoms with Crippen LogP contribution in [0.4, 0.5) is 10.1 Å². The highest BCUT2D eigenvalue weighted by atomic mass is 19.1. The van der Waals surface area contributed by atoms with Crippen molar-refractivity contribution in [3.05, 3.63) is 83.5 Å². The minimum Gasteiger partial charge on any atom is -0.485 e. The molecule has 1 aromatic carbocycles. The third kappa shape index (κ3) is 7.35. The van der Waals surface area contributed by atoms with Crippen LogP contribution in [0.3, 0.4) is 0 Å². The molecule has 10 nitrogen and oxygen atoms in total. The van der Waals surface area contributed by atoms with Crippen LogP contribution < -0.4 is 21.1 Å². The van der Waals surface area contributed by atoms with Crippen LogP contribution in [0.15, 0.2) is 78.0 Å². The molecule has 0 aliphatic carbocycles. The molecule has 2 atom stereocenters. The average molecular weight is 520 g/mol. The molecule has 1 aliphatic heterocycles. The molecule has 37 heavy (non-hydrogen) atoms. The number of hydrogen-bond acceptors (Lipinski definition) is 10. The molecule has 1 aliphatic rings. The largest absolute Gasteiger partial charge is 0.485 e. The first-order valence-corrected chi connectivity index (χ1v) is 11.4. The van der Waals surface area contributed by atoms with Gasteiger partial charge in [-0.2, -0.15) is 0 Å². The summed E-state index contributed by atoms with van der Waals surface area (Å²) in [6, 6.07) is 1.75. The van der Waals surface area contributed by atoms with Crippen LogP contribution in [-0.4, -0.2) is 61.8 Å². The molecule has 0 spiro atoms. The van der Waals surface area contributed by atoms with E-state index in [4.69, 9.17) is 10.5 Å². The second kappa shape index (κ2) is 11.8. The number of ether oxygens (including phenoxy) is 1. The number of nitrogens with two attached hydrogens (primary N) is 1. The number of ketones is 1. The fraction of sp³-hybridized carbons (Fsp3) is 0.346. The Hall–Kier alpha value is -3.32. The van der Waals surface area contributed by atoms with Crippen LogP contribution in [0.1, 0.15) is 37.6 Å². The van der Waals surface area contributed by atoms with Gasteiger partial charge in [0.05, 0.1) is 17.3 Å². The molecule has 0 bridgehead atoms. The predicted molar refractivity (Wildman–Crippen MR) is 137 cm³/mol. The van der Waals surface area contributed by atoms with E-state index in [2.05, 4.69) is 23.8 Å². The summed E-state index contributed by atoms with van der Waals surface area (Å²) in [6.07, 6.45) is 3.71. The number of rotatable bonds is 11. The number of Topliss-reactive ketones (excluding diaryl/α,β-unsaturated/α-hetero) is 1. The monoisotopic (exact) mass is 519 g/mol. The minimum absolute atomic E-state index is 0.0767. The lowest BCUT2D eigenvalue weighted by Crippen LogP contribution is -2.65. The van der Waals surface area contributed by atoms with Crippen molar-refractivity contribution >= 4 is 11.5 Å². The molecule has 1 heterocycles. The summed E-state index contributed by atoms with van der Waals surface area (Å²) in [5.74, 6) is -9.38. The Morgan fingerprint density at radius 2 is 1.97 bits per heavy atom. The van der Waals surface area contributed by atoms with Crippen molar-refractivity contribution in [3.63, 3.8) is 0 Å². The molecule has 0 radical (unpaired) electrons. The number of benzene rings is 1. The van der Waals surface area contributed by atoms with Crippen LogP contribution in [0.2, 0.25) is 0 Å². The van der Waals surface area contributed by atoms with E-state index in [1.54, 1.807) is 19.1 Å². The number of anilines is 1. The maximum absolute atomic E-state index is 15.8. The van der Waals surface area contributed by atoms with Crippen molar-refractivity contribution in [2.24, 2.45) is 5.73 Å². The molecule has 0 fully saturated rings. The van der Waals surface area contributed by atoms with Crippen molar-refractivity contribution in [1.82, 2.24) is 5.32 Å². The Labute approximate surface area is 214 Å². The molecular formula is C26H34FN3O7. The molecule has 2 unspecified atom stereocenters. The zero-order chi connectivity index (χ0) is 28.1. The molecule has 0 aromatic heterocycles. The Kier molecular flexibility index (Phi) is 9.55. The summed E-state index contributed by atoms with van der Waals surface area (Å²) in [5, 5.41) is 54.8. The first-order valence-electron chi connectivity index (χ1n) is 11.4. The lowest BCUT2D eigenvalue weighted by Gasteiger charge is -2.37. The maximum Gasteiger partial charge on any atom is 0.334 e. The molecule has 2 rings (SSSR count). The van der Waals surface area contributed by atoms with Crippen LogP contribution in [0.25, 0.3) is 0 Å². The zero-order valence-corrected chi connectivity index (χ0v) is 21.0. The third-order valence-electron chi connectivity index (χ3n) is 5.51. The minimum atomic E-state index is -4.06. The van der Waals surface area contributed by atoms with Gasteiger partial charge < -0.3 is 46.6 Å². The smallest absolute Gasteiger partial charge is 0.334 e. The molecule has 0 saturated carbocycles. The van der Waals surface area contributed by atoms with E-state index >= 15 is 4.39 Å². The SMILES string of the molecule is C=C(N)CC(C)NC(/C=C(F)/C(C(=O)c1ccc2c(c1)OCC(=C)N2)=C(C)\C=C/C)C(O)(O)C(O)(O)O. The van der Waals surface area contributed by atoms with Gasteiger partial charge >= 0.3 is 5.97 Å². The number of hydrogen-bond donors (Lipinski definition) is 8. The Bertz CT molecular complexity index is 1150. The highest BCUT2D eigenvalue weighted by molar-refractivity contribution is 6.12. The highest BCUT2D eigenvalue weighted by Crippen LogP contribution is 2.33. The normalized spacial score (nSPS) is 16.9. The van der Waals surface area contributed by atoms with Gasteiger partial charge in [0.2, 0.25) is 0 Å². The first-order chi connectivity index (χ1) is 17.1. The van der Waals surface area contributed by atoms with E-state index in [1.165, 1.54) is 32.1 Å². The molecule has 202 valence electrons. The van der Waals surface area contributed by atoms with Gasteiger partial charge in [-0.3, -0.25) is 4.79 Å². The molecule has 9 N–H and O–H groups in total. The molecule has 0 saturated heterocycles. The van der Waals surface area contributed by atoms with Crippen molar-refractivity contribution in [2.45, 2.75) is 51.0 Å². The maximum atomic E-state index is 15.8. The van der Waals surface area contributed by atoms with Crippen LogP contribution in [0.5, 0.6) is 5.75 Å². The van der Waals surface area contributed by atoms with E-state index in [0.717, 1.165) is 0 Å². The van der Waals surface area contributed by atoms with Crippen molar-refractivity contribution < 1.29 is 39.5 Å². The highest BCUT2D eigenvalue weighted by Gasteiger charge is 2.52. The van der Waals surface area contributed by atoms with E-state index < -0.39 is 41.0 Å². The van der Waals surface area contributed by atoms with E-state index in [0.29, 0.717) is 23.2 Å². The fourth-order valence-electron chi connectivity index (χ4n) is 3.71. The summed E-state index contributed by atoms with van der Waals surface area (Å²) < 4.78 is 21.4. The number of nitrogens with one attached hydrogen (secondary N) is 2. The number of fused-ring (bicyclic) bond motifs is 1. The number of allylic oxidation sites excluding steroid dienone is 5. The number of carbonyl (C=O) groups excluding carboxylic acids is 1. The van der Waals surface area contributed by atoms with Gasteiger partial charge in [-0.1, -0.05) is 25.3 Å². The van der Waals surface area contributed by atoms with Gasteiger partial charge in [0.15, 0.2) is 5.78 Å². The van der Waals surface area contributed by atoms with Gasteiger partial charge in [0.25, 0.3) is 5.79 Å². The number of halogens is 1. The Balaban J connectivity index is 2.58. The quantitative estimate of drug-likeness (QED) is 0.0924. The number of aliphatic hydroxyl groups is 5. The number of carbonyl (C=O) groups is 1. The fourth-order valence-corrected chi connectivity index (χ4v) is 3.71. The molecule has 11 heteroatoms. The van der Waals surface area contributed by atoms with Crippen molar-refractivity contribution in [2.75, 3.05) is 11.9 Å². The van der Waals surface area contributed by atoms with Gasteiger partial charge in [-0.05, 0) is 50.6 Å². The average Bonchev–Trinajstić information content (AvgIpc) is 2.77. The van der Waals surface area contributed by atoms with Crippen molar-refractivity contribution in [1.29, 1.82) is 0 Å². The second-order valence-electron chi connectivity index (χ2n) is 8.90. The van der Waals surface area contributed by atoms with E-state index in [-0.39, 0.29) is 29.9 Å². The standard InChI is InChI=1S/C26H34FN3O7/c1-6-7-14(2)23(24(31)18-8-9-20-21(11-18)37-13-17(5)29-20)19(27)12-22(25(32,33)26(34,35)36)30-16(4)10-15(3)28/h6-9,11-12,16,22,29-30,32-36H,3,5,10,13,28H2,1-2,4H3/b7-6-,19-12-,23-14+. The summed E-state index contributed by atoms with van der Waals surface area (Å²) >= 11 is 0. The summed E-state index contributed by atoms with van der Waals surface area (Å²) in [6.45, 7) is 12.2. The zero-order valence-electron chi connectivity index (χ0n) is 21.0. The Morgan fingerprint density at radius 3 is 2.54 bits per heavy atom. The first kappa shape index (κ1) is 29.9. The van der Waals surface area contributed by atoms with E-state index in [9.17, 15) is 30.3 Å². The van der Waals surface area contributed by atoms with E-state index in [1.807, 2.05) is 0 Å². The lowest BCUT2D eigenvalue weighted by molar-refractivity contribution is -0.450. The van der Waals surface area contributed by atoms with Gasteiger partial charge in [-0.25, -0.2) is 4.39 Å². The molecule has 1 aromatic rings. The van der Waals surface area contributed by atoms with Crippen LogP contribution in [-0.2, 0) is 0 Å². The van der Waals surface area contributed by atoms with Gasteiger partial charge in [0, 0.05) is 29.4 Å². The second-order valence-corrected chi connectivity index (χ2v) is 8.90. The molecular weight excluding hydrogens is 485 g/mol. The predicted octanol–water partition coefficient (Wildman–Crippen LogP) is 1.45. The summed E-state index contributed by atoms with van der Waals surface area (Å²) in [7, 11) is 0. The molecule has 0 amide bonds. The van der Waals surface area contributed by atoms with Gasteiger partial charge in [-0.15, -0.1) is 0 Å². The summed E-state index contributed by atoms with van der Waals surface area (Å²) in [5.41, 5.74) is 6.81. The third-order valence-corrected chi connectivity index (χ3v) is 5.51. The van der Waals surface area contributed by atoms with Crippen LogP contribution in [0, 0.1) is 0 Å². The van der Waals surface area contributed by atoms with Crippen LogP contribution >= 0.6 is 0 Å². The lowest BCUT2D eigenvalue weighted by atomic mass is 9.94.